The average Bonchev–Trinajstić information content (AvgIpc) is 2.71. The van der Waals surface area contributed by atoms with Gasteiger partial charge in [-0.1, -0.05) is 19.3 Å². The third kappa shape index (κ3) is 2.35. The first-order valence-electron chi connectivity index (χ1n) is 6.77. The van der Waals surface area contributed by atoms with Gasteiger partial charge in [-0.2, -0.15) is 0 Å². The number of carboxylic acid groups (broad SMARTS) is 1. The maximum Gasteiger partial charge on any atom is 0.346 e. The van der Waals surface area contributed by atoms with Crippen molar-refractivity contribution >= 4 is 27.5 Å². The van der Waals surface area contributed by atoms with E-state index in [0.29, 0.717) is 27.8 Å². The number of fused-ring (bicyclic) bond motifs is 1. The van der Waals surface area contributed by atoms with Crippen molar-refractivity contribution < 1.29 is 14.6 Å². The van der Waals surface area contributed by atoms with Gasteiger partial charge in [-0.05, 0) is 24.8 Å². The number of aryl methyl sites for hydroxylation is 1. The van der Waals surface area contributed by atoms with Crippen LogP contribution in [0.5, 0.6) is 5.88 Å². The van der Waals surface area contributed by atoms with Gasteiger partial charge in [0.1, 0.15) is 16.0 Å². The lowest BCUT2D eigenvalue weighted by Crippen LogP contribution is -2.14. The minimum absolute atomic E-state index is 0.310. The molecule has 3 rings (SSSR count). The molecule has 0 aliphatic heterocycles. The summed E-state index contributed by atoms with van der Waals surface area (Å²) in [6, 6.07) is 0. The number of carbonyl (C=O) groups is 1. The Morgan fingerprint density at radius 2 is 2.30 bits per heavy atom. The second-order valence-electron chi connectivity index (χ2n) is 5.15. The number of rotatable bonds is 5. The quantitative estimate of drug-likeness (QED) is 0.915. The Balaban J connectivity index is 1.84. The topological polar surface area (TPSA) is 72.3 Å². The Morgan fingerprint density at radius 3 is 2.95 bits per heavy atom. The van der Waals surface area contributed by atoms with Gasteiger partial charge >= 0.3 is 5.97 Å². The van der Waals surface area contributed by atoms with Crippen molar-refractivity contribution in [2.75, 3.05) is 6.61 Å². The third-order valence-corrected chi connectivity index (χ3v) is 5.06. The lowest BCUT2D eigenvalue weighted by Gasteiger charge is -2.24. The van der Waals surface area contributed by atoms with Crippen LogP contribution in [0.15, 0.2) is 6.33 Å². The second-order valence-corrected chi connectivity index (χ2v) is 6.15. The molecule has 1 fully saturated rings. The molecule has 2 aromatic rings. The average molecular weight is 292 g/mol. The summed E-state index contributed by atoms with van der Waals surface area (Å²) in [5.74, 6) is 0.368. The van der Waals surface area contributed by atoms with Crippen molar-refractivity contribution in [3.8, 4) is 5.88 Å². The minimum Gasteiger partial charge on any atom is -0.477 e. The molecule has 6 heteroatoms. The normalized spacial score (nSPS) is 15.2. The summed E-state index contributed by atoms with van der Waals surface area (Å²) in [7, 11) is 0. The van der Waals surface area contributed by atoms with Gasteiger partial charge in [0.2, 0.25) is 5.88 Å². The predicted octanol–water partition coefficient (Wildman–Crippen LogP) is 3.27. The third-order valence-electron chi connectivity index (χ3n) is 3.88. The fourth-order valence-electron chi connectivity index (χ4n) is 2.46. The van der Waals surface area contributed by atoms with E-state index in [1.807, 2.05) is 0 Å². The van der Waals surface area contributed by atoms with Crippen molar-refractivity contribution in [1.82, 2.24) is 9.97 Å². The molecule has 20 heavy (non-hydrogen) atoms. The minimum atomic E-state index is -0.925. The van der Waals surface area contributed by atoms with Gasteiger partial charge in [0, 0.05) is 0 Å². The van der Waals surface area contributed by atoms with Gasteiger partial charge in [0.15, 0.2) is 0 Å². The molecule has 1 saturated carbocycles. The van der Waals surface area contributed by atoms with E-state index >= 15 is 0 Å². The number of carboxylic acids is 1. The molecule has 2 aromatic heterocycles. The Kier molecular flexibility index (Phi) is 3.56. The van der Waals surface area contributed by atoms with Gasteiger partial charge in [0.05, 0.1) is 12.0 Å². The van der Waals surface area contributed by atoms with Crippen molar-refractivity contribution in [3.05, 3.63) is 16.8 Å². The first-order valence-corrected chi connectivity index (χ1v) is 7.58. The van der Waals surface area contributed by atoms with Crippen LogP contribution < -0.4 is 4.74 Å². The van der Waals surface area contributed by atoms with Crippen LogP contribution in [-0.4, -0.2) is 27.7 Å². The fourth-order valence-corrected chi connectivity index (χ4v) is 3.43. The highest BCUT2D eigenvalue weighted by molar-refractivity contribution is 7.20. The van der Waals surface area contributed by atoms with Crippen LogP contribution in [0.3, 0.4) is 0 Å². The highest BCUT2D eigenvalue weighted by Gasteiger charge is 2.20. The van der Waals surface area contributed by atoms with Crippen molar-refractivity contribution in [2.24, 2.45) is 5.92 Å². The molecule has 1 N–H and O–H groups in total. The molecular weight excluding hydrogens is 276 g/mol. The smallest absolute Gasteiger partial charge is 0.346 e. The van der Waals surface area contributed by atoms with Crippen molar-refractivity contribution in [2.45, 2.75) is 32.6 Å². The summed E-state index contributed by atoms with van der Waals surface area (Å²) in [6.45, 7) is 2.42. The molecule has 0 aromatic carbocycles. The number of aromatic carboxylic acids is 1. The van der Waals surface area contributed by atoms with E-state index in [1.54, 1.807) is 6.92 Å². The fraction of sp³-hybridized carbons (Fsp3) is 0.500. The molecule has 106 valence electrons. The number of nitrogens with zero attached hydrogens (tertiary/aromatic N) is 2. The van der Waals surface area contributed by atoms with Crippen molar-refractivity contribution in [3.63, 3.8) is 0 Å². The zero-order valence-electron chi connectivity index (χ0n) is 11.3. The van der Waals surface area contributed by atoms with Crippen LogP contribution in [0.25, 0.3) is 10.2 Å². The molecule has 0 unspecified atom stereocenters. The molecule has 0 amide bonds. The van der Waals surface area contributed by atoms with E-state index in [0.717, 1.165) is 17.7 Å². The zero-order chi connectivity index (χ0) is 14.1. The molecule has 1 aliphatic rings. The van der Waals surface area contributed by atoms with Crippen molar-refractivity contribution in [1.29, 1.82) is 0 Å². The van der Waals surface area contributed by atoms with Gasteiger partial charge in [-0.25, -0.2) is 14.8 Å². The summed E-state index contributed by atoms with van der Waals surface area (Å²) in [5, 5.41) is 9.91. The van der Waals surface area contributed by atoms with E-state index in [2.05, 4.69) is 9.97 Å². The van der Waals surface area contributed by atoms with E-state index in [4.69, 9.17) is 9.84 Å². The van der Waals surface area contributed by atoms with Gasteiger partial charge in [0.25, 0.3) is 0 Å². The standard InChI is InChI=1S/C14H16N2O3S/c1-8-10-12(19-6-5-9-3-2-4-9)15-7-16-13(10)20-11(8)14(17)18/h7,9H,2-6H2,1H3,(H,17,18). The monoisotopic (exact) mass is 292 g/mol. The summed E-state index contributed by atoms with van der Waals surface area (Å²) in [4.78, 5) is 20.5. The lowest BCUT2D eigenvalue weighted by atomic mass is 9.83. The summed E-state index contributed by atoms with van der Waals surface area (Å²) in [6.07, 6.45) is 6.39. The Labute approximate surface area is 120 Å². The number of ether oxygens (including phenoxy) is 1. The molecule has 5 nitrogen and oxygen atoms in total. The number of hydrogen-bond acceptors (Lipinski definition) is 5. The Bertz CT molecular complexity index is 649. The maximum atomic E-state index is 11.2. The van der Waals surface area contributed by atoms with E-state index in [9.17, 15) is 4.79 Å². The highest BCUT2D eigenvalue weighted by Crippen LogP contribution is 2.35. The van der Waals surface area contributed by atoms with Gasteiger partial charge < -0.3 is 9.84 Å². The summed E-state index contributed by atoms with van der Waals surface area (Å²) < 4.78 is 5.76. The SMILES string of the molecule is Cc1c(C(=O)O)sc2ncnc(OCCC3CCC3)c12. The van der Waals surface area contributed by atoms with Crippen LogP contribution in [0, 0.1) is 12.8 Å². The van der Waals surface area contributed by atoms with Crippen LogP contribution in [0.1, 0.15) is 40.9 Å². The number of thiophene rings is 1. The molecule has 0 saturated heterocycles. The summed E-state index contributed by atoms with van der Waals surface area (Å²) in [5.41, 5.74) is 0.691. The van der Waals surface area contributed by atoms with E-state index < -0.39 is 5.97 Å². The zero-order valence-corrected chi connectivity index (χ0v) is 12.1. The Hall–Kier alpha value is -1.69. The Morgan fingerprint density at radius 1 is 1.50 bits per heavy atom. The molecule has 2 heterocycles. The van der Waals surface area contributed by atoms with Gasteiger partial charge in [-0.3, -0.25) is 0 Å². The van der Waals surface area contributed by atoms with Crippen LogP contribution >= 0.6 is 11.3 Å². The molecular formula is C14H16N2O3S. The molecule has 1 aliphatic carbocycles. The molecule has 0 atom stereocenters. The largest absolute Gasteiger partial charge is 0.477 e. The molecule has 0 spiro atoms. The van der Waals surface area contributed by atoms with Crippen LogP contribution in [0.4, 0.5) is 0 Å². The van der Waals surface area contributed by atoms with E-state index in [1.165, 1.54) is 36.9 Å². The highest BCUT2D eigenvalue weighted by atomic mass is 32.1. The predicted molar refractivity (Wildman–Crippen MR) is 76.6 cm³/mol. The summed E-state index contributed by atoms with van der Waals surface area (Å²) >= 11 is 1.17. The van der Waals surface area contributed by atoms with Crippen LogP contribution in [-0.2, 0) is 0 Å². The lowest BCUT2D eigenvalue weighted by molar-refractivity contribution is 0.0701. The molecule has 0 bridgehead atoms. The first-order chi connectivity index (χ1) is 9.66. The maximum absolute atomic E-state index is 11.2. The second kappa shape index (κ2) is 5.36. The van der Waals surface area contributed by atoms with E-state index in [-0.39, 0.29) is 0 Å². The van der Waals surface area contributed by atoms with Crippen LogP contribution in [0.2, 0.25) is 0 Å². The first kappa shape index (κ1) is 13.3. The number of aromatic nitrogens is 2. The molecule has 0 radical (unpaired) electrons. The number of hydrogen-bond donors (Lipinski definition) is 1. The van der Waals surface area contributed by atoms with Gasteiger partial charge in [-0.15, -0.1) is 11.3 Å².